The number of ether oxygens (including phenoxy) is 1. The molecular weight excluding hydrogens is 292 g/mol. The van der Waals surface area contributed by atoms with E-state index in [2.05, 4.69) is 0 Å². The quantitative estimate of drug-likeness (QED) is 0.456. The first-order chi connectivity index (χ1) is 9.75. The van der Waals surface area contributed by atoms with Gasteiger partial charge in [0, 0.05) is 12.0 Å². The Morgan fingerprint density at radius 2 is 1.86 bits per heavy atom. The molecule has 0 heterocycles. The summed E-state index contributed by atoms with van der Waals surface area (Å²) in [6.07, 6.45) is -4.75. The molecule has 0 saturated heterocycles. The third-order valence-electron chi connectivity index (χ3n) is 2.62. The van der Waals surface area contributed by atoms with Gasteiger partial charge in [-0.2, -0.15) is 13.2 Å². The normalized spacial score (nSPS) is 11.3. The van der Waals surface area contributed by atoms with E-state index in [1.807, 2.05) is 0 Å². The third-order valence-corrected chi connectivity index (χ3v) is 2.62. The van der Waals surface area contributed by atoms with Crippen molar-refractivity contribution in [1.29, 1.82) is 0 Å². The van der Waals surface area contributed by atoms with E-state index >= 15 is 0 Å². The number of halogens is 4. The average Bonchev–Trinajstić information content (AvgIpc) is 2.41. The van der Waals surface area contributed by atoms with Gasteiger partial charge in [-0.3, -0.25) is 9.59 Å². The fourth-order valence-corrected chi connectivity index (χ4v) is 1.56. The van der Waals surface area contributed by atoms with E-state index in [0.717, 1.165) is 6.07 Å². The summed E-state index contributed by atoms with van der Waals surface area (Å²) in [4.78, 5) is 22.9. The number of ketones is 1. The van der Waals surface area contributed by atoms with Gasteiger partial charge in [0.1, 0.15) is 5.82 Å². The molecule has 0 aromatic heterocycles. The van der Waals surface area contributed by atoms with Crippen molar-refractivity contribution < 1.29 is 31.9 Å². The smallest absolute Gasteiger partial charge is 0.419 e. The number of benzene rings is 1. The Labute approximate surface area is 118 Å². The summed E-state index contributed by atoms with van der Waals surface area (Å²) in [7, 11) is 0. The summed E-state index contributed by atoms with van der Waals surface area (Å²) in [5.41, 5.74) is -1.78. The second-order valence-electron chi connectivity index (χ2n) is 4.34. The number of hydrogen-bond acceptors (Lipinski definition) is 3. The monoisotopic (exact) mass is 306 g/mol. The number of alkyl halides is 3. The topological polar surface area (TPSA) is 43.4 Å². The SMILES string of the molecule is CCCOC(=O)CCC(=O)c1ccc(F)c(C(F)(F)F)c1. The molecule has 1 aromatic carbocycles. The molecule has 0 saturated carbocycles. The number of esters is 1. The van der Waals surface area contributed by atoms with Gasteiger partial charge in [0.15, 0.2) is 5.78 Å². The minimum Gasteiger partial charge on any atom is -0.466 e. The largest absolute Gasteiger partial charge is 0.466 e. The third kappa shape index (κ3) is 5.17. The minimum absolute atomic E-state index is 0.224. The van der Waals surface area contributed by atoms with Gasteiger partial charge in [-0.1, -0.05) is 6.92 Å². The van der Waals surface area contributed by atoms with Gasteiger partial charge < -0.3 is 4.74 Å². The molecule has 7 heteroatoms. The van der Waals surface area contributed by atoms with Crippen LogP contribution in [0.2, 0.25) is 0 Å². The first kappa shape index (κ1) is 17.1. The maximum absolute atomic E-state index is 13.1. The predicted molar refractivity (Wildman–Crippen MR) is 66.2 cm³/mol. The Balaban J connectivity index is 2.73. The van der Waals surface area contributed by atoms with E-state index in [0.29, 0.717) is 18.6 Å². The van der Waals surface area contributed by atoms with Gasteiger partial charge in [-0.15, -0.1) is 0 Å². The molecule has 0 aliphatic carbocycles. The van der Waals surface area contributed by atoms with E-state index in [-0.39, 0.29) is 25.0 Å². The molecule has 1 rings (SSSR count). The zero-order valence-electron chi connectivity index (χ0n) is 11.3. The summed E-state index contributed by atoms with van der Waals surface area (Å²) >= 11 is 0. The molecule has 0 aliphatic rings. The number of Topliss-reactive ketones (excluding diaryl/α,β-unsaturated/α-hetero) is 1. The Morgan fingerprint density at radius 3 is 2.43 bits per heavy atom. The summed E-state index contributed by atoms with van der Waals surface area (Å²) in [5, 5.41) is 0. The first-order valence-corrected chi connectivity index (χ1v) is 6.31. The molecule has 0 spiro atoms. The second kappa shape index (κ2) is 7.19. The predicted octanol–water partition coefficient (Wildman–Crippen LogP) is 3.76. The van der Waals surface area contributed by atoms with Gasteiger partial charge in [-0.05, 0) is 24.6 Å². The van der Waals surface area contributed by atoms with Crippen LogP contribution in [0.3, 0.4) is 0 Å². The Hall–Kier alpha value is -1.92. The highest BCUT2D eigenvalue weighted by molar-refractivity contribution is 5.97. The molecule has 0 bridgehead atoms. The lowest BCUT2D eigenvalue weighted by Gasteiger charge is -2.09. The maximum Gasteiger partial charge on any atom is 0.419 e. The minimum atomic E-state index is -4.87. The summed E-state index contributed by atoms with van der Waals surface area (Å²) in [6.45, 7) is 2.03. The van der Waals surface area contributed by atoms with Crippen molar-refractivity contribution in [2.45, 2.75) is 32.4 Å². The van der Waals surface area contributed by atoms with Gasteiger partial charge in [-0.25, -0.2) is 4.39 Å². The van der Waals surface area contributed by atoms with Gasteiger partial charge in [0.25, 0.3) is 0 Å². The van der Waals surface area contributed by atoms with E-state index in [1.54, 1.807) is 6.92 Å². The Morgan fingerprint density at radius 1 is 1.19 bits per heavy atom. The standard InChI is InChI=1S/C14H14F4O3/c1-2-7-21-13(20)6-5-12(19)9-3-4-11(15)10(8-9)14(16,17)18/h3-4,8H,2,5-7H2,1H3. The van der Waals surface area contributed by atoms with Crippen LogP contribution >= 0.6 is 0 Å². The van der Waals surface area contributed by atoms with Gasteiger partial charge in [0.2, 0.25) is 0 Å². The van der Waals surface area contributed by atoms with Crippen LogP contribution in [0.4, 0.5) is 17.6 Å². The van der Waals surface area contributed by atoms with Crippen LogP contribution in [0.1, 0.15) is 42.1 Å². The van der Waals surface area contributed by atoms with Crippen LogP contribution in [0.15, 0.2) is 18.2 Å². The van der Waals surface area contributed by atoms with Crippen LogP contribution < -0.4 is 0 Å². The highest BCUT2D eigenvalue weighted by atomic mass is 19.4. The lowest BCUT2D eigenvalue weighted by molar-refractivity contribution is -0.143. The highest BCUT2D eigenvalue weighted by Crippen LogP contribution is 2.32. The van der Waals surface area contributed by atoms with Gasteiger partial charge in [0.05, 0.1) is 18.6 Å². The van der Waals surface area contributed by atoms with Crippen molar-refractivity contribution in [3.63, 3.8) is 0 Å². The first-order valence-electron chi connectivity index (χ1n) is 6.31. The molecule has 1 aromatic rings. The molecule has 0 N–H and O–H groups in total. The molecule has 0 atom stereocenters. The zero-order chi connectivity index (χ0) is 16.0. The zero-order valence-corrected chi connectivity index (χ0v) is 11.3. The van der Waals surface area contributed by atoms with Crippen molar-refractivity contribution in [2.75, 3.05) is 6.61 Å². The van der Waals surface area contributed by atoms with Crippen molar-refractivity contribution in [3.8, 4) is 0 Å². The molecule has 0 aliphatic heterocycles. The van der Waals surface area contributed by atoms with Crippen LogP contribution in [0, 0.1) is 5.82 Å². The lowest BCUT2D eigenvalue weighted by atomic mass is 10.0. The number of hydrogen-bond donors (Lipinski definition) is 0. The molecule has 0 unspecified atom stereocenters. The maximum atomic E-state index is 13.1. The van der Waals surface area contributed by atoms with Crippen molar-refractivity contribution >= 4 is 11.8 Å². The second-order valence-corrected chi connectivity index (χ2v) is 4.34. The van der Waals surface area contributed by atoms with E-state index < -0.39 is 29.3 Å². The molecule has 0 amide bonds. The molecule has 0 radical (unpaired) electrons. The van der Waals surface area contributed by atoms with Crippen LogP contribution in [0.5, 0.6) is 0 Å². The summed E-state index contributed by atoms with van der Waals surface area (Å²) in [5.74, 6) is -2.71. The van der Waals surface area contributed by atoms with Crippen molar-refractivity contribution in [2.24, 2.45) is 0 Å². The van der Waals surface area contributed by atoms with E-state index in [4.69, 9.17) is 4.74 Å². The number of rotatable bonds is 6. The lowest BCUT2D eigenvalue weighted by Crippen LogP contribution is -2.12. The fraction of sp³-hybridized carbons (Fsp3) is 0.429. The Bertz CT molecular complexity index is 523. The van der Waals surface area contributed by atoms with Gasteiger partial charge >= 0.3 is 12.1 Å². The molecule has 3 nitrogen and oxygen atoms in total. The van der Waals surface area contributed by atoms with Crippen LogP contribution in [0.25, 0.3) is 0 Å². The molecular formula is C14H14F4O3. The van der Waals surface area contributed by atoms with E-state index in [1.165, 1.54) is 0 Å². The molecule has 0 fully saturated rings. The summed E-state index contributed by atoms with van der Waals surface area (Å²) < 4.78 is 55.4. The highest BCUT2D eigenvalue weighted by Gasteiger charge is 2.34. The number of carbonyl (C=O) groups is 2. The van der Waals surface area contributed by atoms with Crippen molar-refractivity contribution in [3.05, 3.63) is 35.1 Å². The molecule has 116 valence electrons. The van der Waals surface area contributed by atoms with E-state index in [9.17, 15) is 27.2 Å². The molecule has 21 heavy (non-hydrogen) atoms. The Kier molecular flexibility index (Phi) is 5.87. The average molecular weight is 306 g/mol. The van der Waals surface area contributed by atoms with Crippen molar-refractivity contribution in [1.82, 2.24) is 0 Å². The van der Waals surface area contributed by atoms with Crippen LogP contribution in [-0.4, -0.2) is 18.4 Å². The number of carbonyl (C=O) groups excluding carboxylic acids is 2. The fourth-order valence-electron chi connectivity index (χ4n) is 1.56. The van der Waals surface area contributed by atoms with Crippen LogP contribution in [-0.2, 0) is 15.7 Å². The summed E-state index contributed by atoms with van der Waals surface area (Å²) in [6, 6.07) is 2.00.